The number of thiophene rings is 2. The van der Waals surface area contributed by atoms with E-state index in [1.165, 1.54) is 11.1 Å². The van der Waals surface area contributed by atoms with E-state index in [1.807, 2.05) is 18.2 Å². The summed E-state index contributed by atoms with van der Waals surface area (Å²) in [6.45, 7) is 9.10. The fourth-order valence-electron chi connectivity index (χ4n) is 6.62. The Morgan fingerprint density at radius 2 is 1.18 bits per heavy atom. The highest BCUT2D eigenvalue weighted by atomic mass is 32.1. The van der Waals surface area contributed by atoms with Crippen LogP contribution in [0.25, 0.3) is 44.3 Å². The lowest BCUT2D eigenvalue weighted by Crippen LogP contribution is -2.43. The highest BCUT2D eigenvalue weighted by Crippen LogP contribution is 2.34. The van der Waals surface area contributed by atoms with E-state index in [4.69, 9.17) is 0 Å². The third-order valence-electron chi connectivity index (χ3n) is 9.61. The number of carbonyl (C=O) groups excluding carboxylic acids is 2. The minimum atomic E-state index is -0.274. The molecule has 8 aromatic rings. The van der Waals surface area contributed by atoms with Gasteiger partial charge in [0.05, 0.1) is 34.1 Å². The van der Waals surface area contributed by atoms with Gasteiger partial charge in [0.15, 0.2) is 0 Å². The van der Waals surface area contributed by atoms with Gasteiger partial charge in [-0.05, 0) is 76.8 Å². The number of imidazole rings is 2. The number of piperazine rings is 1. The highest BCUT2D eigenvalue weighted by Gasteiger charge is 2.20. The molecule has 0 bridgehead atoms. The Hall–Kier alpha value is -6.20. The van der Waals surface area contributed by atoms with Gasteiger partial charge in [0.1, 0.15) is 11.0 Å². The molecular weight excluding hydrogens is 745 g/mol. The van der Waals surface area contributed by atoms with Crippen molar-refractivity contribution in [2.75, 3.05) is 43.9 Å². The normalized spacial score (nSPS) is 13.4. The van der Waals surface area contributed by atoms with Crippen LogP contribution in [0.1, 0.15) is 37.5 Å². The van der Waals surface area contributed by atoms with Gasteiger partial charge in [0, 0.05) is 81.0 Å². The number of aromatic nitrogens is 8. The molecule has 1 saturated heterocycles. The zero-order valence-electron chi connectivity index (χ0n) is 30.9. The van der Waals surface area contributed by atoms with Crippen molar-refractivity contribution in [1.29, 1.82) is 0 Å². The van der Waals surface area contributed by atoms with Crippen molar-refractivity contribution in [3.8, 4) is 22.3 Å². The number of rotatable bonds is 8. The number of likely N-dealkylation sites (N-methyl/N-ethyl adjacent to an activating group) is 1. The summed E-state index contributed by atoms with van der Waals surface area (Å²) in [4.78, 5) is 62.6. The first-order chi connectivity index (χ1) is 27.3. The van der Waals surface area contributed by atoms with Gasteiger partial charge >= 0.3 is 0 Å². The van der Waals surface area contributed by atoms with Crippen LogP contribution in [0.5, 0.6) is 0 Å². The largest absolute Gasteiger partial charge is 0.331 e. The van der Waals surface area contributed by atoms with Crippen molar-refractivity contribution >= 4 is 68.5 Å². The van der Waals surface area contributed by atoms with Crippen LogP contribution < -0.4 is 10.6 Å². The van der Waals surface area contributed by atoms with E-state index in [2.05, 4.69) is 103 Å². The lowest BCUT2D eigenvalue weighted by Gasteiger charge is -2.31. The van der Waals surface area contributed by atoms with Crippen molar-refractivity contribution in [3.63, 3.8) is 0 Å². The predicted molar refractivity (Wildman–Crippen MR) is 221 cm³/mol. The molecule has 6 aromatic heterocycles. The van der Waals surface area contributed by atoms with Gasteiger partial charge in [-0.3, -0.25) is 45.1 Å². The summed E-state index contributed by atoms with van der Waals surface area (Å²) in [5.41, 5.74) is 11.1. The molecule has 1 aliphatic heterocycles. The third kappa shape index (κ3) is 7.81. The quantitative estimate of drug-likeness (QED) is 0.125. The number of aromatic amines is 2. The zero-order chi connectivity index (χ0) is 38.6. The molecule has 16 heteroatoms. The fourth-order valence-corrected chi connectivity index (χ4v) is 8.32. The van der Waals surface area contributed by atoms with E-state index in [0.29, 0.717) is 39.6 Å². The Balaban J connectivity index is 0.000000164. The summed E-state index contributed by atoms with van der Waals surface area (Å²) in [6, 6.07) is 7.46. The van der Waals surface area contributed by atoms with Crippen LogP contribution in [0, 0.1) is 13.8 Å². The zero-order valence-corrected chi connectivity index (χ0v) is 32.5. The number of hydrogen-bond acceptors (Lipinski definition) is 12. The minimum Gasteiger partial charge on any atom is -0.331 e. The van der Waals surface area contributed by atoms with Gasteiger partial charge < -0.3 is 14.9 Å². The molecule has 1 aliphatic rings. The van der Waals surface area contributed by atoms with Crippen LogP contribution in [0.4, 0.5) is 11.9 Å². The summed E-state index contributed by atoms with van der Waals surface area (Å²) in [5, 5.41) is 14.0. The van der Waals surface area contributed by atoms with Crippen LogP contribution >= 0.6 is 22.7 Å². The van der Waals surface area contributed by atoms with Gasteiger partial charge in [-0.25, -0.2) is 9.97 Å². The summed E-state index contributed by atoms with van der Waals surface area (Å²) in [6.07, 6.45) is 11.5. The number of H-pyrrole nitrogens is 2. The fraction of sp³-hybridized carbons (Fsp3) is 0.200. The minimum absolute atomic E-state index is 0.260. The molecular formula is C40H38N12O2S2. The van der Waals surface area contributed by atoms with E-state index in [-0.39, 0.29) is 11.8 Å². The highest BCUT2D eigenvalue weighted by molar-refractivity contribution is 7.08. The second-order valence-corrected chi connectivity index (χ2v) is 14.9. The molecule has 56 heavy (non-hydrogen) atoms. The molecule has 0 aliphatic carbocycles. The number of nitrogens with one attached hydrogen (secondary N) is 4. The molecule has 0 spiro atoms. The van der Waals surface area contributed by atoms with E-state index in [0.717, 1.165) is 66.2 Å². The smallest absolute Gasteiger partial charge is 0.260 e. The standard InChI is InChI=1S/C23H25N7OS.C17H13N5OS/c1-15-13-32-14-19(15)17-3-4-18(21-20(17)24-5-6-25-21)22(31)28-23-26-11-16(27-23)12-30-9-7-29(2)8-10-30;1-10-8-24-9-13(10)11-2-3-12(15-14(11)18-4-5-19-15)16(23)22-17-20-6-7-21-17/h3-6,11,13-14H,7-10,12H2,1-2H3,(H2,26,27,28,31);2-9H,1H3,(H2,20,21,22,23). The Labute approximate surface area is 330 Å². The Bertz CT molecular complexity index is 2640. The second kappa shape index (κ2) is 16.3. The van der Waals surface area contributed by atoms with Gasteiger partial charge in [-0.15, -0.1) is 0 Å². The molecule has 282 valence electrons. The van der Waals surface area contributed by atoms with Crippen LogP contribution in [-0.2, 0) is 6.54 Å². The number of nitrogens with zero attached hydrogens (tertiary/aromatic N) is 8. The van der Waals surface area contributed by atoms with Crippen molar-refractivity contribution < 1.29 is 9.59 Å². The van der Waals surface area contributed by atoms with Gasteiger partial charge in [0.2, 0.25) is 11.9 Å². The van der Waals surface area contributed by atoms with Crippen LogP contribution in [0.2, 0.25) is 0 Å². The predicted octanol–water partition coefficient (Wildman–Crippen LogP) is 7.03. The molecule has 2 aromatic carbocycles. The molecule has 2 amide bonds. The Kier molecular flexibility index (Phi) is 10.7. The maximum absolute atomic E-state index is 13.1. The van der Waals surface area contributed by atoms with Crippen molar-refractivity contribution in [2.45, 2.75) is 20.4 Å². The van der Waals surface area contributed by atoms with Gasteiger partial charge in [-0.1, -0.05) is 12.1 Å². The maximum Gasteiger partial charge on any atom is 0.260 e. The van der Waals surface area contributed by atoms with Gasteiger partial charge in [0.25, 0.3) is 11.8 Å². The van der Waals surface area contributed by atoms with Crippen LogP contribution in [0.15, 0.2) is 89.2 Å². The number of carbonyl (C=O) groups is 2. The number of hydrogen-bond donors (Lipinski definition) is 4. The van der Waals surface area contributed by atoms with E-state index >= 15 is 0 Å². The molecule has 0 unspecified atom stereocenters. The summed E-state index contributed by atoms with van der Waals surface area (Å²) >= 11 is 3.29. The van der Waals surface area contributed by atoms with E-state index < -0.39 is 0 Å². The molecule has 9 rings (SSSR count). The van der Waals surface area contributed by atoms with E-state index in [1.54, 1.807) is 72.1 Å². The maximum atomic E-state index is 13.1. The number of anilines is 2. The molecule has 7 heterocycles. The van der Waals surface area contributed by atoms with Crippen molar-refractivity contribution in [1.82, 2.24) is 49.7 Å². The average molecular weight is 783 g/mol. The Morgan fingerprint density at radius 3 is 1.68 bits per heavy atom. The van der Waals surface area contributed by atoms with E-state index in [9.17, 15) is 9.59 Å². The molecule has 0 radical (unpaired) electrons. The van der Waals surface area contributed by atoms with Gasteiger partial charge in [-0.2, -0.15) is 22.7 Å². The monoisotopic (exact) mass is 782 g/mol. The van der Waals surface area contributed by atoms with Crippen LogP contribution in [-0.4, -0.2) is 94.7 Å². The molecule has 0 atom stereocenters. The van der Waals surface area contributed by atoms with Crippen LogP contribution in [0.3, 0.4) is 0 Å². The number of fused-ring (bicyclic) bond motifs is 2. The first kappa shape index (κ1) is 36.8. The lowest BCUT2D eigenvalue weighted by atomic mass is 10.0. The van der Waals surface area contributed by atoms with Crippen molar-refractivity contribution in [2.24, 2.45) is 0 Å². The third-order valence-corrected chi connectivity index (χ3v) is 11.3. The second-order valence-electron chi connectivity index (χ2n) is 13.4. The first-order valence-electron chi connectivity index (χ1n) is 17.9. The molecule has 0 saturated carbocycles. The summed E-state index contributed by atoms with van der Waals surface area (Å²) in [5.74, 6) is 0.303. The number of aryl methyl sites for hydroxylation is 2. The molecule has 4 N–H and O–H groups in total. The van der Waals surface area contributed by atoms with Crippen molar-refractivity contribution in [3.05, 3.63) is 117 Å². The average Bonchev–Trinajstić information content (AvgIpc) is 4.06. The SMILES string of the molecule is Cc1cscc1-c1ccc(C(=O)Nc2ncc(CN3CCN(C)CC3)[nH]2)c2nccnc12.Cc1cscc1-c1ccc(C(=O)Nc2ncc[nH]2)c2nccnc12. The summed E-state index contributed by atoms with van der Waals surface area (Å²) < 4.78 is 0. The summed E-state index contributed by atoms with van der Waals surface area (Å²) in [7, 11) is 2.14. The Morgan fingerprint density at radius 1 is 0.643 bits per heavy atom. The lowest BCUT2D eigenvalue weighted by molar-refractivity contribution is 0.101. The molecule has 14 nitrogen and oxygen atoms in total. The first-order valence-corrected chi connectivity index (χ1v) is 19.8. The molecule has 1 fully saturated rings. The number of amides is 2. The number of benzene rings is 2. The topological polar surface area (TPSA) is 174 Å².